The molecule has 2 N–H and O–H groups in total. The van der Waals surface area contributed by atoms with E-state index in [0.717, 1.165) is 50.0 Å². The zero-order valence-electron chi connectivity index (χ0n) is 15.9. The van der Waals surface area contributed by atoms with Crippen molar-refractivity contribution in [3.05, 3.63) is 11.6 Å². The van der Waals surface area contributed by atoms with E-state index in [2.05, 4.69) is 44.2 Å². The molecule has 2 unspecified atom stereocenters. The number of nitrogens with zero attached hydrogens (tertiary/aromatic N) is 4. The Morgan fingerprint density at radius 2 is 2.15 bits per heavy atom. The maximum absolute atomic E-state index is 11.6. The van der Waals surface area contributed by atoms with Crippen molar-refractivity contribution in [1.29, 1.82) is 0 Å². The Bertz CT molecular complexity index is 755. The number of guanidine groups is 1. The van der Waals surface area contributed by atoms with Crippen molar-refractivity contribution in [3.8, 4) is 0 Å². The molecule has 0 amide bonds. The van der Waals surface area contributed by atoms with Gasteiger partial charge in [0.05, 0.1) is 11.5 Å². The molecule has 8 nitrogen and oxygen atoms in total. The van der Waals surface area contributed by atoms with E-state index < -0.39 is 9.84 Å². The molecule has 0 aromatic carbocycles. The minimum Gasteiger partial charge on any atom is -0.357 e. The highest BCUT2D eigenvalue weighted by atomic mass is 32.2. The van der Waals surface area contributed by atoms with E-state index in [9.17, 15) is 8.42 Å². The van der Waals surface area contributed by atoms with Crippen molar-refractivity contribution in [3.63, 3.8) is 0 Å². The highest BCUT2D eigenvalue weighted by Crippen LogP contribution is 2.20. The highest BCUT2D eigenvalue weighted by Gasteiger charge is 2.28. The number of aromatic nitrogens is 3. The first-order chi connectivity index (χ1) is 12.4. The van der Waals surface area contributed by atoms with Gasteiger partial charge in [0.25, 0.3) is 0 Å². The zero-order chi connectivity index (χ0) is 18.7. The zero-order valence-corrected chi connectivity index (χ0v) is 16.7. The van der Waals surface area contributed by atoms with Gasteiger partial charge in [0.2, 0.25) is 0 Å². The monoisotopic (exact) mass is 382 g/mol. The van der Waals surface area contributed by atoms with Gasteiger partial charge in [0, 0.05) is 38.0 Å². The number of hydrogen-bond acceptors (Lipinski definition) is 5. The van der Waals surface area contributed by atoms with Gasteiger partial charge in [-0.2, -0.15) is 0 Å². The Labute approximate surface area is 155 Å². The number of nitrogens with one attached hydrogen (secondary N) is 2. The number of aliphatic imine (C=N–C) groups is 1. The van der Waals surface area contributed by atoms with Crippen LogP contribution in [0.1, 0.15) is 51.2 Å². The predicted molar refractivity (Wildman–Crippen MR) is 102 cm³/mol. The number of rotatable bonds is 5. The molecular weight excluding hydrogens is 352 g/mol. The summed E-state index contributed by atoms with van der Waals surface area (Å²) in [5.74, 6) is 3.91. The van der Waals surface area contributed by atoms with Crippen LogP contribution in [0.4, 0.5) is 0 Å². The van der Waals surface area contributed by atoms with Gasteiger partial charge in [0.15, 0.2) is 15.8 Å². The summed E-state index contributed by atoms with van der Waals surface area (Å²) in [4.78, 5) is 4.65. The third-order valence-corrected chi connectivity index (χ3v) is 6.85. The minimum absolute atomic E-state index is 0.138. The maximum atomic E-state index is 11.6. The Balaban J connectivity index is 1.63. The summed E-state index contributed by atoms with van der Waals surface area (Å²) in [5.41, 5.74) is 0. The van der Waals surface area contributed by atoms with Crippen LogP contribution >= 0.6 is 0 Å². The van der Waals surface area contributed by atoms with Crippen LogP contribution in [0.15, 0.2) is 4.99 Å². The standard InChI is InChI=1S/C17H30N6O2S/c1-4-18-17(19-9-13-7-8-26(24,25)11-13)20-14-5-6-15-21-22-16(12(2)3)23(15)10-14/h12-14H,4-11H2,1-3H3,(H2,18,19,20). The summed E-state index contributed by atoms with van der Waals surface area (Å²) >= 11 is 0. The predicted octanol–water partition coefficient (Wildman–Crippen LogP) is 0.706. The van der Waals surface area contributed by atoms with Crippen molar-refractivity contribution in [2.45, 2.75) is 58.5 Å². The lowest BCUT2D eigenvalue weighted by Gasteiger charge is -2.27. The van der Waals surface area contributed by atoms with Gasteiger partial charge >= 0.3 is 0 Å². The van der Waals surface area contributed by atoms with Crippen LogP contribution in [-0.2, 0) is 22.8 Å². The lowest BCUT2D eigenvalue weighted by atomic mass is 10.1. The Morgan fingerprint density at radius 3 is 2.81 bits per heavy atom. The molecule has 0 radical (unpaired) electrons. The van der Waals surface area contributed by atoms with Crippen molar-refractivity contribution >= 4 is 15.8 Å². The summed E-state index contributed by atoms with van der Waals surface area (Å²) in [6.07, 6.45) is 2.60. The molecule has 2 atom stereocenters. The largest absolute Gasteiger partial charge is 0.357 e. The third-order valence-electron chi connectivity index (χ3n) is 5.01. The summed E-state index contributed by atoms with van der Waals surface area (Å²) in [6, 6.07) is 0.265. The lowest BCUT2D eigenvalue weighted by Crippen LogP contribution is -2.47. The molecule has 3 rings (SSSR count). The Kier molecular flexibility index (Phi) is 5.84. The van der Waals surface area contributed by atoms with E-state index in [-0.39, 0.29) is 17.7 Å². The Morgan fingerprint density at radius 1 is 1.35 bits per heavy atom. The summed E-state index contributed by atoms with van der Waals surface area (Å²) in [6.45, 7) is 8.46. The first kappa shape index (κ1) is 19.1. The summed E-state index contributed by atoms with van der Waals surface area (Å²) in [7, 11) is -2.85. The summed E-state index contributed by atoms with van der Waals surface area (Å²) in [5, 5.41) is 15.4. The average molecular weight is 383 g/mol. The lowest BCUT2D eigenvalue weighted by molar-refractivity contribution is 0.407. The van der Waals surface area contributed by atoms with Crippen LogP contribution in [0.3, 0.4) is 0 Å². The molecule has 1 fully saturated rings. The van der Waals surface area contributed by atoms with Crippen molar-refractivity contribution in [2.75, 3.05) is 24.6 Å². The third kappa shape index (κ3) is 4.55. The number of fused-ring (bicyclic) bond motifs is 1. The minimum atomic E-state index is -2.85. The van der Waals surface area contributed by atoms with Gasteiger partial charge in [-0.3, -0.25) is 4.99 Å². The van der Waals surface area contributed by atoms with Gasteiger partial charge in [-0.25, -0.2) is 8.42 Å². The fraction of sp³-hybridized carbons (Fsp3) is 0.824. The molecular formula is C17H30N6O2S. The molecule has 1 aromatic rings. The SMILES string of the molecule is CCNC(=NCC1CCS(=O)(=O)C1)NC1CCc2nnc(C(C)C)n2C1. The first-order valence-electron chi connectivity index (χ1n) is 9.55. The molecule has 3 heterocycles. The van der Waals surface area contributed by atoms with E-state index in [1.807, 2.05) is 6.92 Å². The van der Waals surface area contributed by atoms with Crippen LogP contribution in [0.2, 0.25) is 0 Å². The topological polar surface area (TPSA) is 101 Å². The van der Waals surface area contributed by atoms with E-state index in [0.29, 0.717) is 18.2 Å². The molecule has 1 aromatic heterocycles. The average Bonchev–Trinajstić information content (AvgIpc) is 3.15. The van der Waals surface area contributed by atoms with Crippen molar-refractivity contribution in [1.82, 2.24) is 25.4 Å². The quantitative estimate of drug-likeness (QED) is 0.574. The second kappa shape index (κ2) is 7.94. The summed E-state index contributed by atoms with van der Waals surface area (Å²) < 4.78 is 25.4. The first-order valence-corrected chi connectivity index (χ1v) is 11.4. The van der Waals surface area contributed by atoms with Crippen LogP contribution in [0.25, 0.3) is 0 Å². The van der Waals surface area contributed by atoms with Crippen LogP contribution in [0.5, 0.6) is 0 Å². The van der Waals surface area contributed by atoms with E-state index in [1.165, 1.54) is 0 Å². The highest BCUT2D eigenvalue weighted by molar-refractivity contribution is 7.91. The smallest absolute Gasteiger partial charge is 0.191 e. The normalized spacial score (nSPS) is 25.3. The van der Waals surface area contributed by atoms with Crippen LogP contribution in [-0.4, -0.2) is 59.8 Å². The Hall–Kier alpha value is -1.64. The van der Waals surface area contributed by atoms with E-state index >= 15 is 0 Å². The second-order valence-electron chi connectivity index (χ2n) is 7.61. The molecule has 26 heavy (non-hydrogen) atoms. The second-order valence-corrected chi connectivity index (χ2v) is 9.84. The molecule has 0 aliphatic carbocycles. The van der Waals surface area contributed by atoms with Gasteiger partial charge in [-0.05, 0) is 25.7 Å². The number of sulfone groups is 1. The van der Waals surface area contributed by atoms with E-state index in [4.69, 9.17) is 0 Å². The molecule has 0 bridgehead atoms. The molecule has 9 heteroatoms. The molecule has 0 saturated carbocycles. The number of aryl methyl sites for hydroxylation is 1. The fourth-order valence-electron chi connectivity index (χ4n) is 3.64. The van der Waals surface area contributed by atoms with Gasteiger partial charge in [-0.1, -0.05) is 13.8 Å². The van der Waals surface area contributed by atoms with Gasteiger partial charge in [0.1, 0.15) is 11.6 Å². The molecule has 0 spiro atoms. The van der Waals surface area contributed by atoms with Crippen molar-refractivity contribution < 1.29 is 8.42 Å². The molecule has 2 aliphatic heterocycles. The van der Waals surface area contributed by atoms with Crippen LogP contribution < -0.4 is 10.6 Å². The molecule has 2 aliphatic rings. The van der Waals surface area contributed by atoms with Gasteiger partial charge < -0.3 is 15.2 Å². The van der Waals surface area contributed by atoms with Gasteiger partial charge in [-0.15, -0.1) is 10.2 Å². The van der Waals surface area contributed by atoms with Crippen LogP contribution in [0, 0.1) is 5.92 Å². The molecule has 1 saturated heterocycles. The number of hydrogen-bond donors (Lipinski definition) is 2. The van der Waals surface area contributed by atoms with Crippen molar-refractivity contribution in [2.24, 2.45) is 10.9 Å². The molecule has 146 valence electrons. The maximum Gasteiger partial charge on any atom is 0.191 e. The fourth-order valence-corrected chi connectivity index (χ4v) is 5.49. The van der Waals surface area contributed by atoms with E-state index in [1.54, 1.807) is 0 Å².